The molecule has 2 aromatic carbocycles. The molecule has 3 rings (SSSR count). The largest absolute Gasteiger partial charge is 0.496 e. The van der Waals surface area contributed by atoms with E-state index in [1.54, 1.807) is 24.3 Å². The number of ether oxygens (including phenoxy) is 1. The van der Waals surface area contributed by atoms with Crippen molar-refractivity contribution in [2.75, 3.05) is 13.7 Å². The van der Waals surface area contributed by atoms with E-state index < -0.39 is 5.91 Å². The molecule has 1 heterocycles. The summed E-state index contributed by atoms with van der Waals surface area (Å²) in [6.07, 6.45) is 4.34. The molecule has 0 atom stereocenters. The monoisotopic (exact) mass is 495 g/mol. The van der Waals surface area contributed by atoms with Gasteiger partial charge in [0.05, 0.1) is 17.6 Å². The highest BCUT2D eigenvalue weighted by Gasteiger charge is 2.31. The first-order valence-corrected chi connectivity index (χ1v) is 11.8. The van der Waals surface area contributed by atoms with Gasteiger partial charge in [0, 0.05) is 13.0 Å². The van der Waals surface area contributed by atoms with Gasteiger partial charge >= 0.3 is 0 Å². The molecule has 0 radical (unpaired) electrons. The van der Waals surface area contributed by atoms with E-state index in [0.717, 1.165) is 11.1 Å². The van der Waals surface area contributed by atoms with Crippen molar-refractivity contribution in [1.29, 1.82) is 0 Å². The molecule has 0 aliphatic carbocycles. The SMILES string of the molecule is COc1ccccc1C(=O)NNC(=O)CCCN1C(=O)/C(=C/C(C)=C/c2ccccc2)SC1=S. The van der Waals surface area contributed by atoms with E-state index >= 15 is 0 Å². The van der Waals surface area contributed by atoms with Crippen molar-refractivity contribution in [2.24, 2.45) is 0 Å². The zero-order valence-electron chi connectivity index (χ0n) is 18.9. The molecule has 1 saturated heterocycles. The van der Waals surface area contributed by atoms with E-state index in [1.807, 2.05) is 49.4 Å². The van der Waals surface area contributed by atoms with Gasteiger partial charge in [-0.2, -0.15) is 0 Å². The number of para-hydroxylation sites is 1. The zero-order chi connectivity index (χ0) is 24.5. The Morgan fingerprint density at radius 3 is 2.53 bits per heavy atom. The smallest absolute Gasteiger partial charge is 0.273 e. The van der Waals surface area contributed by atoms with Gasteiger partial charge in [-0.1, -0.05) is 72.5 Å². The van der Waals surface area contributed by atoms with Crippen LogP contribution < -0.4 is 15.6 Å². The van der Waals surface area contributed by atoms with E-state index in [9.17, 15) is 14.4 Å². The normalized spacial score (nSPS) is 14.9. The van der Waals surface area contributed by atoms with Crippen molar-refractivity contribution >= 4 is 52.1 Å². The Kier molecular flexibility index (Phi) is 9.00. The molecule has 3 amide bonds. The number of benzene rings is 2. The third kappa shape index (κ3) is 6.79. The van der Waals surface area contributed by atoms with Crippen molar-refractivity contribution in [2.45, 2.75) is 19.8 Å². The lowest BCUT2D eigenvalue weighted by molar-refractivity contribution is -0.124. The van der Waals surface area contributed by atoms with Crippen LogP contribution in [0.25, 0.3) is 6.08 Å². The van der Waals surface area contributed by atoms with Crippen LogP contribution in [0.15, 0.2) is 71.2 Å². The second-order valence-corrected chi connectivity index (χ2v) is 9.11. The first-order valence-electron chi connectivity index (χ1n) is 10.6. The van der Waals surface area contributed by atoms with Crippen LogP contribution in [0.5, 0.6) is 5.75 Å². The predicted octanol–water partition coefficient (Wildman–Crippen LogP) is 4.08. The Morgan fingerprint density at radius 1 is 1.09 bits per heavy atom. The Bertz CT molecular complexity index is 1150. The van der Waals surface area contributed by atoms with Gasteiger partial charge in [-0.25, -0.2) is 0 Å². The Morgan fingerprint density at radius 2 is 1.79 bits per heavy atom. The molecule has 0 bridgehead atoms. The third-order valence-electron chi connectivity index (χ3n) is 4.88. The summed E-state index contributed by atoms with van der Waals surface area (Å²) < 4.78 is 5.61. The van der Waals surface area contributed by atoms with Crippen molar-refractivity contribution in [3.8, 4) is 5.75 Å². The number of hydrogen-bond donors (Lipinski definition) is 2. The first-order chi connectivity index (χ1) is 16.4. The summed E-state index contributed by atoms with van der Waals surface area (Å²) in [6.45, 7) is 2.25. The van der Waals surface area contributed by atoms with Gasteiger partial charge in [-0.3, -0.25) is 30.1 Å². The van der Waals surface area contributed by atoms with E-state index in [-0.39, 0.29) is 18.2 Å². The van der Waals surface area contributed by atoms with Crippen LogP contribution in [0, 0.1) is 0 Å². The molecule has 0 spiro atoms. The number of hydrazine groups is 1. The standard InChI is InChI=1S/C25H25N3O4S2/c1-17(15-18-9-4-3-5-10-18)16-21-24(31)28(25(33)34-21)14-8-13-22(29)26-27-23(30)19-11-6-7-12-20(19)32-2/h3-7,9-12,15-16H,8,13-14H2,1-2H3,(H,26,29)(H,27,30)/b17-15+,21-16-. The number of thioether (sulfide) groups is 1. The van der Waals surface area contributed by atoms with Crippen molar-refractivity contribution in [3.05, 3.63) is 82.3 Å². The molecule has 9 heteroatoms. The highest BCUT2D eigenvalue weighted by atomic mass is 32.2. The molecule has 2 aromatic rings. The first kappa shape index (κ1) is 25.2. The summed E-state index contributed by atoms with van der Waals surface area (Å²) in [4.78, 5) is 39.2. The molecule has 0 aromatic heterocycles. The van der Waals surface area contributed by atoms with Gasteiger partial charge in [-0.15, -0.1) is 0 Å². The zero-order valence-corrected chi connectivity index (χ0v) is 20.5. The summed E-state index contributed by atoms with van der Waals surface area (Å²) in [5, 5.41) is 0. The lowest BCUT2D eigenvalue weighted by Crippen LogP contribution is -2.42. The number of thiocarbonyl (C=S) groups is 1. The van der Waals surface area contributed by atoms with Gasteiger partial charge in [0.1, 0.15) is 10.1 Å². The molecule has 2 N–H and O–H groups in total. The molecule has 1 fully saturated rings. The second kappa shape index (κ2) is 12.2. The van der Waals surface area contributed by atoms with Gasteiger partial charge < -0.3 is 4.74 Å². The maximum atomic E-state index is 12.8. The van der Waals surface area contributed by atoms with Crippen molar-refractivity contribution < 1.29 is 19.1 Å². The van der Waals surface area contributed by atoms with E-state index in [2.05, 4.69) is 10.9 Å². The molecule has 0 saturated carbocycles. The van der Waals surface area contributed by atoms with Gasteiger partial charge in [0.15, 0.2) is 0 Å². The van der Waals surface area contributed by atoms with Crippen LogP contribution in [0.2, 0.25) is 0 Å². The number of nitrogens with one attached hydrogen (secondary N) is 2. The minimum Gasteiger partial charge on any atom is -0.496 e. The lowest BCUT2D eigenvalue weighted by Gasteiger charge is -2.14. The lowest BCUT2D eigenvalue weighted by atomic mass is 10.1. The molecule has 1 aliphatic rings. The molecule has 0 unspecified atom stereocenters. The fourth-order valence-corrected chi connectivity index (χ4v) is 4.60. The Balaban J connectivity index is 1.47. The second-order valence-electron chi connectivity index (χ2n) is 7.44. The highest BCUT2D eigenvalue weighted by Crippen LogP contribution is 2.32. The molecule has 34 heavy (non-hydrogen) atoms. The minimum atomic E-state index is -0.480. The number of hydrogen-bond acceptors (Lipinski definition) is 6. The number of rotatable bonds is 8. The van der Waals surface area contributed by atoms with Crippen LogP contribution in [-0.2, 0) is 9.59 Å². The average molecular weight is 496 g/mol. The average Bonchev–Trinajstić information content (AvgIpc) is 3.10. The fraction of sp³-hybridized carbons (Fsp3) is 0.200. The summed E-state index contributed by atoms with van der Waals surface area (Å²) in [5.74, 6) is -0.608. The number of carbonyl (C=O) groups is 3. The fourth-order valence-electron chi connectivity index (χ4n) is 3.24. The number of carbonyl (C=O) groups excluding carboxylic acids is 3. The summed E-state index contributed by atoms with van der Waals surface area (Å²) in [5.41, 5.74) is 7.06. The number of methoxy groups -OCH3 is 1. The minimum absolute atomic E-state index is 0.120. The molecular formula is C25H25N3O4S2. The molecule has 7 nitrogen and oxygen atoms in total. The highest BCUT2D eigenvalue weighted by molar-refractivity contribution is 8.26. The topological polar surface area (TPSA) is 87.7 Å². The van der Waals surface area contributed by atoms with Gasteiger partial charge in [0.2, 0.25) is 5.91 Å². The van der Waals surface area contributed by atoms with Crippen molar-refractivity contribution in [1.82, 2.24) is 15.8 Å². The van der Waals surface area contributed by atoms with Crippen LogP contribution in [0.4, 0.5) is 0 Å². The maximum Gasteiger partial charge on any atom is 0.273 e. The van der Waals surface area contributed by atoms with Crippen LogP contribution >= 0.6 is 24.0 Å². The van der Waals surface area contributed by atoms with E-state index in [1.165, 1.54) is 23.8 Å². The number of amides is 3. The van der Waals surface area contributed by atoms with Gasteiger partial charge in [-0.05, 0) is 42.7 Å². The predicted molar refractivity (Wildman–Crippen MR) is 138 cm³/mol. The van der Waals surface area contributed by atoms with Crippen molar-refractivity contribution in [3.63, 3.8) is 0 Å². The molecule has 176 valence electrons. The maximum absolute atomic E-state index is 12.8. The summed E-state index contributed by atoms with van der Waals surface area (Å²) >= 11 is 6.61. The van der Waals surface area contributed by atoms with Crippen LogP contribution in [-0.4, -0.2) is 40.6 Å². The third-order valence-corrected chi connectivity index (χ3v) is 6.26. The Hall–Kier alpha value is -3.43. The quantitative estimate of drug-likeness (QED) is 0.326. The van der Waals surface area contributed by atoms with Crippen LogP contribution in [0.1, 0.15) is 35.7 Å². The van der Waals surface area contributed by atoms with E-state index in [0.29, 0.717) is 33.5 Å². The molecule has 1 aliphatic heterocycles. The van der Waals surface area contributed by atoms with Crippen LogP contribution in [0.3, 0.4) is 0 Å². The van der Waals surface area contributed by atoms with Gasteiger partial charge in [0.25, 0.3) is 11.8 Å². The number of nitrogens with zero attached hydrogens (tertiary/aromatic N) is 1. The summed E-state index contributed by atoms with van der Waals surface area (Å²) in [7, 11) is 1.47. The van der Waals surface area contributed by atoms with E-state index in [4.69, 9.17) is 17.0 Å². The Labute approximate surface area is 208 Å². The molecular weight excluding hydrogens is 470 g/mol. The summed E-state index contributed by atoms with van der Waals surface area (Å²) in [6, 6.07) is 16.6. The number of allylic oxidation sites excluding steroid dienone is 2.